The number of carbonyl (C=O) groups is 1. The van der Waals surface area contributed by atoms with Gasteiger partial charge in [-0.3, -0.25) is 4.57 Å². The zero-order valence-corrected chi connectivity index (χ0v) is 9.78. The zero-order chi connectivity index (χ0) is 12.5. The Morgan fingerprint density at radius 3 is 2.59 bits per heavy atom. The van der Waals surface area contributed by atoms with Crippen molar-refractivity contribution in [1.82, 2.24) is 10.2 Å². The lowest BCUT2D eigenvalue weighted by atomic mass is 10.3. The Hall–Kier alpha value is -1.43. The van der Waals surface area contributed by atoms with E-state index in [9.17, 15) is 13.8 Å². The number of halogens is 1. The van der Waals surface area contributed by atoms with Gasteiger partial charge in [0.2, 0.25) is 0 Å². The molecule has 2 rings (SSSR count). The zero-order valence-electron chi connectivity index (χ0n) is 8.89. The predicted molar refractivity (Wildman–Crippen MR) is 62.1 cm³/mol. The van der Waals surface area contributed by atoms with E-state index in [1.54, 1.807) is 0 Å². The summed E-state index contributed by atoms with van der Waals surface area (Å²) in [6.07, 6.45) is 0. The van der Waals surface area contributed by atoms with E-state index in [0.29, 0.717) is 13.1 Å². The second-order valence-corrected chi connectivity index (χ2v) is 5.71. The van der Waals surface area contributed by atoms with Crippen molar-refractivity contribution in [3.8, 4) is 0 Å². The fraction of sp³-hybridized carbons (Fsp3) is 0.222. The van der Waals surface area contributed by atoms with Crippen LogP contribution in [0.1, 0.15) is 0 Å². The quantitative estimate of drug-likeness (QED) is 0.691. The summed E-state index contributed by atoms with van der Waals surface area (Å²) in [5.74, 6) is -0.528. The van der Waals surface area contributed by atoms with E-state index in [1.807, 2.05) is 0 Å². The molecule has 4 N–H and O–H groups in total. The summed E-state index contributed by atoms with van der Waals surface area (Å²) in [6.45, 7) is 0.909. The number of anilines is 1. The summed E-state index contributed by atoms with van der Waals surface area (Å²) in [5, 5.41) is 5.36. The number of urea groups is 1. The average Bonchev–Trinajstić information content (AvgIpc) is 2.65. The van der Waals surface area contributed by atoms with Crippen molar-refractivity contribution >= 4 is 19.3 Å². The van der Waals surface area contributed by atoms with Crippen molar-refractivity contribution in [1.29, 1.82) is 0 Å². The van der Waals surface area contributed by atoms with Gasteiger partial charge in [-0.1, -0.05) is 6.07 Å². The molecule has 1 aromatic rings. The molecule has 17 heavy (non-hydrogen) atoms. The van der Waals surface area contributed by atoms with Gasteiger partial charge < -0.3 is 5.73 Å². The van der Waals surface area contributed by atoms with Crippen LogP contribution in [0.25, 0.3) is 0 Å². The van der Waals surface area contributed by atoms with Gasteiger partial charge in [-0.2, -0.15) is 0 Å². The molecule has 0 aromatic heterocycles. The Balaban J connectivity index is 2.42. The molecule has 0 bridgehead atoms. The molecule has 0 saturated carbocycles. The third kappa shape index (κ3) is 2.31. The molecular weight excluding hydrogens is 246 g/mol. The smallest absolute Gasteiger partial charge is 0.326 e. The minimum atomic E-state index is -3.29. The standard InChI is InChI=1S/C9H12FN4O2P/c10-7-2-1-3-8(6-7)14(9(11)15)17(16)12-4-5-13-17/h1-3,6H,4-5H2,(H2,11,15)(H2,12,13,16). The third-order valence-electron chi connectivity index (χ3n) is 2.32. The second-order valence-electron chi connectivity index (χ2n) is 3.52. The van der Waals surface area contributed by atoms with Crippen LogP contribution in [0.4, 0.5) is 14.9 Å². The lowest BCUT2D eigenvalue weighted by Crippen LogP contribution is -2.38. The van der Waals surface area contributed by atoms with Crippen LogP contribution in [0.3, 0.4) is 0 Å². The van der Waals surface area contributed by atoms with Gasteiger partial charge >= 0.3 is 13.6 Å². The van der Waals surface area contributed by atoms with Crippen LogP contribution in [-0.4, -0.2) is 19.1 Å². The lowest BCUT2D eigenvalue weighted by Gasteiger charge is -2.26. The van der Waals surface area contributed by atoms with Crippen LogP contribution in [0.15, 0.2) is 24.3 Å². The van der Waals surface area contributed by atoms with Crippen molar-refractivity contribution in [2.45, 2.75) is 0 Å². The Kier molecular flexibility index (Phi) is 3.15. The Morgan fingerprint density at radius 2 is 2.06 bits per heavy atom. The van der Waals surface area contributed by atoms with Crippen LogP contribution in [0, 0.1) is 5.82 Å². The van der Waals surface area contributed by atoms with Crippen LogP contribution in [-0.2, 0) is 4.57 Å². The number of primary amides is 1. The van der Waals surface area contributed by atoms with Crippen molar-refractivity contribution in [3.63, 3.8) is 0 Å². The number of hydrogen-bond acceptors (Lipinski definition) is 2. The molecule has 1 fully saturated rings. The van der Waals surface area contributed by atoms with E-state index in [0.717, 1.165) is 10.7 Å². The summed E-state index contributed by atoms with van der Waals surface area (Å²) in [5.41, 5.74) is 5.35. The molecule has 1 aromatic carbocycles. The van der Waals surface area contributed by atoms with Crippen molar-refractivity contribution in [2.24, 2.45) is 5.73 Å². The summed E-state index contributed by atoms with van der Waals surface area (Å²) < 4.78 is 26.3. The highest BCUT2D eigenvalue weighted by molar-refractivity contribution is 7.62. The second kappa shape index (κ2) is 4.44. The predicted octanol–water partition coefficient (Wildman–Crippen LogP) is 1.01. The van der Waals surface area contributed by atoms with Gasteiger partial charge in [0.25, 0.3) is 0 Å². The number of amides is 2. The fourth-order valence-electron chi connectivity index (χ4n) is 1.65. The highest BCUT2D eigenvalue weighted by Gasteiger charge is 2.37. The van der Waals surface area contributed by atoms with Gasteiger partial charge in [-0.25, -0.2) is 24.0 Å². The van der Waals surface area contributed by atoms with Crippen molar-refractivity contribution in [3.05, 3.63) is 30.1 Å². The van der Waals surface area contributed by atoms with E-state index in [1.165, 1.54) is 18.2 Å². The maximum absolute atomic E-state index is 13.1. The lowest BCUT2D eigenvalue weighted by molar-refractivity contribution is 0.256. The summed E-state index contributed by atoms with van der Waals surface area (Å²) >= 11 is 0. The number of nitrogens with one attached hydrogen (secondary N) is 2. The maximum Gasteiger partial charge on any atom is 0.326 e. The molecule has 0 aliphatic carbocycles. The number of rotatable bonds is 2. The topological polar surface area (TPSA) is 87.5 Å². The van der Waals surface area contributed by atoms with Gasteiger partial charge in [-0.05, 0) is 18.2 Å². The van der Waals surface area contributed by atoms with Crippen LogP contribution in [0.5, 0.6) is 0 Å². The third-order valence-corrected chi connectivity index (χ3v) is 4.62. The minimum Gasteiger partial charge on any atom is -0.351 e. The Morgan fingerprint density at radius 1 is 1.41 bits per heavy atom. The monoisotopic (exact) mass is 258 g/mol. The minimum absolute atomic E-state index is 0.155. The van der Waals surface area contributed by atoms with Gasteiger partial charge in [-0.15, -0.1) is 0 Å². The van der Waals surface area contributed by atoms with E-state index < -0.39 is 19.4 Å². The number of nitrogens with two attached hydrogens (primary N) is 1. The number of nitrogens with zero attached hydrogens (tertiary/aromatic N) is 1. The molecule has 92 valence electrons. The van der Waals surface area contributed by atoms with Crippen molar-refractivity contribution in [2.75, 3.05) is 17.8 Å². The highest BCUT2D eigenvalue weighted by Crippen LogP contribution is 2.45. The first kappa shape index (κ1) is 12.0. The molecular formula is C9H12FN4O2P. The summed E-state index contributed by atoms with van der Waals surface area (Å²) in [4.78, 5) is 11.4. The Labute approximate surface area is 97.5 Å². The molecule has 0 spiro atoms. The van der Waals surface area contributed by atoms with Crippen molar-refractivity contribution < 1.29 is 13.8 Å². The van der Waals surface area contributed by atoms with E-state index >= 15 is 0 Å². The molecule has 2 amide bonds. The highest BCUT2D eigenvalue weighted by atomic mass is 31.2. The molecule has 1 aliphatic heterocycles. The normalized spacial score (nSPS) is 17.9. The van der Waals surface area contributed by atoms with Gasteiger partial charge in [0.1, 0.15) is 5.82 Å². The molecule has 0 radical (unpaired) electrons. The first-order valence-electron chi connectivity index (χ1n) is 4.99. The summed E-state index contributed by atoms with van der Waals surface area (Å²) in [6, 6.07) is 4.32. The molecule has 0 atom stereocenters. The van der Waals surface area contributed by atoms with E-state index in [4.69, 9.17) is 5.73 Å². The molecule has 0 unspecified atom stereocenters. The fourth-order valence-corrected chi connectivity index (χ4v) is 3.60. The number of carbonyl (C=O) groups excluding carboxylic acids is 1. The number of hydrogen-bond donors (Lipinski definition) is 3. The van der Waals surface area contributed by atoms with E-state index in [2.05, 4.69) is 10.2 Å². The largest absolute Gasteiger partial charge is 0.351 e. The van der Waals surface area contributed by atoms with Crippen LogP contribution >= 0.6 is 7.59 Å². The van der Waals surface area contributed by atoms with Crippen LogP contribution in [0.2, 0.25) is 0 Å². The number of benzene rings is 1. The molecule has 6 nitrogen and oxygen atoms in total. The molecule has 8 heteroatoms. The van der Waals surface area contributed by atoms with Gasteiger partial charge in [0.05, 0.1) is 5.69 Å². The SMILES string of the molecule is NC(=O)N(c1cccc(F)c1)P1(=O)NCCN1. The maximum atomic E-state index is 13.1. The molecule has 1 heterocycles. The average molecular weight is 258 g/mol. The van der Waals surface area contributed by atoms with Gasteiger partial charge in [0.15, 0.2) is 0 Å². The first-order chi connectivity index (χ1) is 8.03. The van der Waals surface area contributed by atoms with Gasteiger partial charge in [0, 0.05) is 13.1 Å². The molecule has 1 aliphatic rings. The van der Waals surface area contributed by atoms with Crippen LogP contribution < -0.4 is 20.6 Å². The first-order valence-corrected chi connectivity index (χ1v) is 6.65. The summed E-state index contributed by atoms with van der Waals surface area (Å²) in [7, 11) is -3.29. The molecule has 1 saturated heterocycles. The van der Waals surface area contributed by atoms with E-state index in [-0.39, 0.29) is 5.69 Å². The Bertz CT molecular complexity index is 486.